The van der Waals surface area contributed by atoms with Crippen LogP contribution in [0.2, 0.25) is 0 Å². The molecule has 1 aliphatic rings. The summed E-state index contributed by atoms with van der Waals surface area (Å²) in [6, 6.07) is 10.4. The largest absolute Gasteiger partial charge is 0.493 e. The predicted molar refractivity (Wildman–Crippen MR) is 149 cm³/mol. The Bertz CT molecular complexity index is 1570. The number of nitrogens with zero attached hydrogens (tertiary/aromatic N) is 2. The summed E-state index contributed by atoms with van der Waals surface area (Å²) >= 11 is 1.20. The standard InChI is InChI=1S/C30H31FN2O5S/c1-5-7-8-16-37-23-14-11-21(18-24(23)36-4)27-26(29(35)38-15-6-2)19(3)32-30-33(27)28(34)25(39-30)17-20-9-12-22(31)13-10-20/h6,9-14,17-18,27H,2,5,7-8,15-16H2,1,3-4H3. The van der Waals surface area contributed by atoms with Crippen LogP contribution in [-0.2, 0) is 9.53 Å². The van der Waals surface area contributed by atoms with Crippen molar-refractivity contribution in [1.29, 1.82) is 0 Å². The summed E-state index contributed by atoms with van der Waals surface area (Å²) in [4.78, 5) is 32.0. The van der Waals surface area contributed by atoms with Crippen LogP contribution < -0.4 is 24.4 Å². The average molecular weight is 551 g/mol. The predicted octanol–water partition coefficient (Wildman–Crippen LogP) is 4.68. The molecule has 2 heterocycles. The van der Waals surface area contributed by atoms with Crippen molar-refractivity contribution in [3.05, 3.63) is 103 Å². The van der Waals surface area contributed by atoms with Crippen molar-refractivity contribution < 1.29 is 23.4 Å². The molecule has 1 aromatic heterocycles. The van der Waals surface area contributed by atoms with Crippen molar-refractivity contribution in [3.8, 4) is 11.5 Å². The number of carbonyl (C=O) groups excluding carboxylic acids is 1. The van der Waals surface area contributed by atoms with Crippen molar-refractivity contribution in [3.63, 3.8) is 0 Å². The number of thiazole rings is 1. The molecule has 0 spiro atoms. The first-order valence-corrected chi connectivity index (χ1v) is 13.6. The van der Waals surface area contributed by atoms with Crippen molar-refractivity contribution in [2.24, 2.45) is 4.99 Å². The number of allylic oxidation sites excluding steroid dienone is 1. The Hall–Kier alpha value is -3.98. The number of carbonyl (C=O) groups is 1. The molecule has 204 valence electrons. The molecule has 0 saturated heterocycles. The van der Waals surface area contributed by atoms with Crippen LogP contribution in [0.1, 0.15) is 50.3 Å². The van der Waals surface area contributed by atoms with Gasteiger partial charge in [0.25, 0.3) is 5.56 Å². The lowest BCUT2D eigenvalue weighted by molar-refractivity contribution is -0.138. The topological polar surface area (TPSA) is 79.1 Å². The maximum absolute atomic E-state index is 13.7. The molecule has 9 heteroatoms. The Morgan fingerprint density at radius 3 is 2.64 bits per heavy atom. The molecule has 0 aliphatic carbocycles. The molecule has 0 N–H and O–H groups in total. The maximum atomic E-state index is 13.7. The summed E-state index contributed by atoms with van der Waals surface area (Å²) in [5.41, 5.74) is 1.68. The lowest BCUT2D eigenvalue weighted by Crippen LogP contribution is -2.40. The number of hydrogen-bond donors (Lipinski definition) is 0. The van der Waals surface area contributed by atoms with Gasteiger partial charge >= 0.3 is 5.97 Å². The molecule has 7 nitrogen and oxygen atoms in total. The molecule has 0 saturated carbocycles. The maximum Gasteiger partial charge on any atom is 0.338 e. The van der Waals surface area contributed by atoms with E-state index in [1.807, 2.05) is 6.07 Å². The van der Waals surface area contributed by atoms with Crippen molar-refractivity contribution in [2.45, 2.75) is 39.2 Å². The minimum Gasteiger partial charge on any atom is -0.493 e. The van der Waals surface area contributed by atoms with Gasteiger partial charge in [0.05, 0.1) is 35.6 Å². The van der Waals surface area contributed by atoms with Gasteiger partial charge in [-0.3, -0.25) is 9.36 Å². The van der Waals surface area contributed by atoms with Crippen molar-refractivity contribution in [1.82, 2.24) is 4.57 Å². The summed E-state index contributed by atoms with van der Waals surface area (Å²) in [5.74, 6) is 0.120. The van der Waals surface area contributed by atoms with Crippen LogP contribution in [0, 0.1) is 5.82 Å². The van der Waals surface area contributed by atoms with E-state index in [1.165, 1.54) is 34.1 Å². The Morgan fingerprint density at radius 2 is 1.95 bits per heavy atom. The number of methoxy groups -OCH3 is 1. The molecule has 1 atom stereocenters. The van der Waals surface area contributed by atoms with Crippen LogP contribution in [0.25, 0.3) is 6.08 Å². The second kappa shape index (κ2) is 12.7. The number of rotatable bonds is 11. The Morgan fingerprint density at radius 1 is 1.18 bits per heavy atom. The van der Waals surface area contributed by atoms with Crippen LogP contribution in [0.5, 0.6) is 11.5 Å². The van der Waals surface area contributed by atoms with Gasteiger partial charge in [0, 0.05) is 0 Å². The van der Waals surface area contributed by atoms with Crippen LogP contribution in [0.3, 0.4) is 0 Å². The van der Waals surface area contributed by atoms with E-state index < -0.39 is 12.0 Å². The average Bonchev–Trinajstić information content (AvgIpc) is 3.24. The summed E-state index contributed by atoms with van der Waals surface area (Å²) in [6.45, 7) is 8.03. The van der Waals surface area contributed by atoms with E-state index in [1.54, 1.807) is 44.4 Å². The molecule has 0 fully saturated rings. The molecule has 3 aromatic rings. The lowest BCUT2D eigenvalue weighted by Gasteiger charge is -2.25. The highest BCUT2D eigenvalue weighted by Crippen LogP contribution is 2.36. The van der Waals surface area contributed by atoms with E-state index in [4.69, 9.17) is 14.2 Å². The summed E-state index contributed by atoms with van der Waals surface area (Å²) in [6.07, 6.45) is 6.24. The Labute approximate surface area is 230 Å². The van der Waals surface area contributed by atoms with E-state index >= 15 is 0 Å². The normalized spacial score (nSPS) is 15.0. The van der Waals surface area contributed by atoms with Gasteiger partial charge in [-0.25, -0.2) is 14.2 Å². The molecular formula is C30H31FN2O5S. The van der Waals surface area contributed by atoms with Crippen molar-refractivity contribution in [2.75, 3.05) is 20.3 Å². The lowest BCUT2D eigenvalue weighted by atomic mass is 9.95. The van der Waals surface area contributed by atoms with Gasteiger partial charge in [-0.15, -0.1) is 0 Å². The van der Waals surface area contributed by atoms with Gasteiger partial charge in [0.15, 0.2) is 16.3 Å². The third-order valence-electron chi connectivity index (χ3n) is 6.25. The zero-order valence-corrected chi connectivity index (χ0v) is 23.1. The first-order valence-electron chi connectivity index (χ1n) is 12.7. The zero-order valence-electron chi connectivity index (χ0n) is 22.2. The molecule has 4 rings (SSSR count). The van der Waals surface area contributed by atoms with Crippen LogP contribution in [0.15, 0.2) is 76.2 Å². The molecule has 0 radical (unpaired) electrons. The molecule has 1 unspecified atom stereocenters. The highest BCUT2D eigenvalue weighted by molar-refractivity contribution is 7.07. The number of hydrogen-bond acceptors (Lipinski definition) is 7. The number of fused-ring (bicyclic) bond motifs is 1. The fourth-order valence-electron chi connectivity index (χ4n) is 4.33. The summed E-state index contributed by atoms with van der Waals surface area (Å²) in [5, 5.41) is 0. The second-order valence-electron chi connectivity index (χ2n) is 8.99. The molecule has 2 aromatic carbocycles. The number of unbranched alkanes of at least 4 members (excludes halogenated alkanes) is 2. The van der Waals surface area contributed by atoms with E-state index in [-0.39, 0.29) is 23.6 Å². The summed E-state index contributed by atoms with van der Waals surface area (Å²) in [7, 11) is 1.55. The fraction of sp³-hybridized carbons (Fsp3) is 0.300. The van der Waals surface area contributed by atoms with Crippen LogP contribution in [-0.4, -0.2) is 30.9 Å². The van der Waals surface area contributed by atoms with Gasteiger partial charge in [-0.05, 0) is 54.8 Å². The van der Waals surface area contributed by atoms with Gasteiger partial charge < -0.3 is 14.2 Å². The second-order valence-corrected chi connectivity index (χ2v) is 10.00. The summed E-state index contributed by atoms with van der Waals surface area (Å²) < 4.78 is 32.3. The number of aromatic nitrogens is 1. The minimum atomic E-state index is -0.808. The van der Waals surface area contributed by atoms with E-state index in [2.05, 4.69) is 18.5 Å². The third-order valence-corrected chi connectivity index (χ3v) is 7.23. The minimum absolute atomic E-state index is 0.0190. The number of esters is 1. The SMILES string of the molecule is C=CCOC(=O)C1=C(C)N=c2sc(=Cc3ccc(F)cc3)c(=O)n2C1c1ccc(OCCCCC)c(OC)c1. The smallest absolute Gasteiger partial charge is 0.338 e. The van der Waals surface area contributed by atoms with Gasteiger partial charge in [0.2, 0.25) is 0 Å². The molecular weight excluding hydrogens is 519 g/mol. The molecule has 1 aliphatic heterocycles. The zero-order chi connectivity index (χ0) is 27.9. The van der Waals surface area contributed by atoms with Gasteiger partial charge in [-0.1, -0.05) is 62.0 Å². The van der Waals surface area contributed by atoms with Crippen molar-refractivity contribution >= 4 is 23.4 Å². The highest BCUT2D eigenvalue weighted by Gasteiger charge is 2.34. The van der Waals surface area contributed by atoms with Crippen LogP contribution >= 0.6 is 11.3 Å². The van der Waals surface area contributed by atoms with E-state index in [9.17, 15) is 14.0 Å². The van der Waals surface area contributed by atoms with E-state index in [0.717, 1.165) is 19.3 Å². The van der Waals surface area contributed by atoms with Crippen LogP contribution in [0.4, 0.5) is 4.39 Å². The van der Waals surface area contributed by atoms with Gasteiger partial charge in [-0.2, -0.15) is 0 Å². The van der Waals surface area contributed by atoms with Gasteiger partial charge in [0.1, 0.15) is 12.4 Å². The molecule has 39 heavy (non-hydrogen) atoms. The monoisotopic (exact) mass is 550 g/mol. The number of benzene rings is 2. The first kappa shape index (κ1) is 28.0. The van der Waals surface area contributed by atoms with E-state index in [0.29, 0.717) is 44.3 Å². The molecule has 0 amide bonds. The number of halogens is 1. The number of ether oxygens (including phenoxy) is 3. The fourth-order valence-corrected chi connectivity index (χ4v) is 5.38. The third kappa shape index (κ3) is 6.20. The Balaban J connectivity index is 1.85. The highest BCUT2D eigenvalue weighted by atomic mass is 32.1. The first-order chi connectivity index (χ1) is 18.9. The quantitative estimate of drug-likeness (QED) is 0.197. The molecule has 0 bridgehead atoms. The Kier molecular flexibility index (Phi) is 9.14.